The highest BCUT2D eigenvalue weighted by molar-refractivity contribution is 5.90. The van der Waals surface area contributed by atoms with Crippen molar-refractivity contribution in [2.45, 2.75) is 45.4 Å². The molecule has 2 saturated heterocycles. The van der Waals surface area contributed by atoms with Gasteiger partial charge in [-0.3, -0.25) is 9.59 Å². The zero-order valence-corrected chi connectivity index (χ0v) is 17.5. The highest BCUT2D eigenvalue weighted by Crippen LogP contribution is 2.39. The Morgan fingerprint density at radius 3 is 2.50 bits per heavy atom. The van der Waals surface area contributed by atoms with Crippen molar-refractivity contribution in [1.82, 2.24) is 10.2 Å². The molecule has 0 radical (unpaired) electrons. The van der Waals surface area contributed by atoms with E-state index in [2.05, 4.69) is 10.6 Å². The minimum atomic E-state index is -0.0217. The SMILES string of the molecule is CCC(=O)Nc1ccc(OCC(=O)N2CCCC3(CCNCC3)CC2)cc1.Cl. The van der Waals surface area contributed by atoms with Crippen LogP contribution in [0.25, 0.3) is 0 Å². The molecule has 7 heteroatoms. The number of benzene rings is 1. The first kappa shape index (κ1) is 22.5. The normalized spacial score (nSPS) is 18.7. The maximum atomic E-state index is 12.6. The van der Waals surface area contributed by atoms with Gasteiger partial charge in [-0.25, -0.2) is 0 Å². The van der Waals surface area contributed by atoms with Gasteiger partial charge in [-0.1, -0.05) is 6.92 Å². The third-order valence-electron chi connectivity index (χ3n) is 5.89. The number of hydrogen-bond donors (Lipinski definition) is 2. The van der Waals surface area contributed by atoms with E-state index in [1.807, 2.05) is 11.8 Å². The van der Waals surface area contributed by atoms with Crippen LogP contribution in [0.3, 0.4) is 0 Å². The van der Waals surface area contributed by atoms with Crippen LogP contribution in [-0.2, 0) is 9.59 Å². The Kier molecular flexibility index (Phi) is 8.58. The Bertz CT molecular complexity index is 645. The van der Waals surface area contributed by atoms with Crippen molar-refractivity contribution < 1.29 is 14.3 Å². The Balaban J connectivity index is 0.00000280. The van der Waals surface area contributed by atoms with Crippen LogP contribution in [0.15, 0.2) is 24.3 Å². The quantitative estimate of drug-likeness (QED) is 0.783. The molecule has 2 fully saturated rings. The monoisotopic (exact) mass is 409 g/mol. The maximum Gasteiger partial charge on any atom is 0.260 e. The summed E-state index contributed by atoms with van der Waals surface area (Å²) >= 11 is 0. The zero-order valence-electron chi connectivity index (χ0n) is 16.7. The zero-order chi connectivity index (χ0) is 19.1. The highest BCUT2D eigenvalue weighted by Gasteiger charge is 2.34. The topological polar surface area (TPSA) is 70.7 Å². The molecule has 0 aromatic heterocycles. The molecular formula is C21H32ClN3O3. The van der Waals surface area contributed by atoms with Gasteiger partial charge in [0.15, 0.2) is 6.61 Å². The summed E-state index contributed by atoms with van der Waals surface area (Å²) in [5.41, 5.74) is 1.17. The second-order valence-electron chi connectivity index (χ2n) is 7.70. The number of anilines is 1. The molecule has 2 aliphatic heterocycles. The Morgan fingerprint density at radius 2 is 1.82 bits per heavy atom. The number of carbonyl (C=O) groups is 2. The minimum Gasteiger partial charge on any atom is -0.484 e. The first-order valence-corrected chi connectivity index (χ1v) is 10.1. The molecule has 0 atom stereocenters. The fourth-order valence-corrected chi connectivity index (χ4v) is 4.08. The number of carbonyl (C=O) groups excluding carboxylic acids is 2. The van der Waals surface area contributed by atoms with Gasteiger partial charge < -0.3 is 20.3 Å². The van der Waals surface area contributed by atoms with Gasteiger partial charge in [-0.2, -0.15) is 0 Å². The van der Waals surface area contributed by atoms with Crippen molar-refractivity contribution in [1.29, 1.82) is 0 Å². The van der Waals surface area contributed by atoms with Crippen molar-refractivity contribution in [3.63, 3.8) is 0 Å². The number of nitrogens with one attached hydrogen (secondary N) is 2. The third kappa shape index (κ3) is 6.11. The number of halogens is 1. The van der Waals surface area contributed by atoms with E-state index in [0.717, 1.165) is 44.7 Å². The number of ether oxygens (including phenoxy) is 1. The number of rotatable bonds is 5. The maximum absolute atomic E-state index is 12.6. The van der Waals surface area contributed by atoms with Crippen molar-refractivity contribution in [3.05, 3.63) is 24.3 Å². The molecule has 1 aromatic carbocycles. The molecular weight excluding hydrogens is 378 g/mol. The Labute approximate surface area is 173 Å². The number of likely N-dealkylation sites (tertiary alicyclic amines) is 1. The first-order valence-electron chi connectivity index (χ1n) is 10.1. The molecule has 0 bridgehead atoms. The molecule has 28 heavy (non-hydrogen) atoms. The van der Waals surface area contributed by atoms with E-state index in [-0.39, 0.29) is 30.8 Å². The van der Waals surface area contributed by atoms with Gasteiger partial charge in [0.1, 0.15) is 5.75 Å². The fourth-order valence-electron chi connectivity index (χ4n) is 4.08. The lowest BCUT2D eigenvalue weighted by Crippen LogP contribution is -2.39. The number of nitrogens with zero attached hydrogens (tertiary/aromatic N) is 1. The third-order valence-corrected chi connectivity index (χ3v) is 5.89. The number of amides is 2. The van der Waals surface area contributed by atoms with E-state index in [9.17, 15) is 9.59 Å². The van der Waals surface area contributed by atoms with Gasteiger partial charge in [-0.05, 0) is 74.9 Å². The highest BCUT2D eigenvalue weighted by atomic mass is 35.5. The molecule has 0 saturated carbocycles. The van der Waals surface area contributed by atoms with E-state index in [1.54, 1.807) is 24.3 Å². The van der Waals surface area contributed by atoms with Crippen LogP contribution in [0.2, 0.25) is 0 Å². The molecule has 3 rings (SSSR count). The Morgan fingerprint density at radius 1 is 1.11 bits per heavy atom. The second kappa shape index (κ2) is 10.7. The van der Waals surface area contributed by atoms with Crippen LogP contribution in [0.4, 0.5) is 5.69 Å². The van der Waals surface area contributed by atoms with Crippen LogP contribution in [0.1, 0.15) is 45.4 Å². The number of hydrogen-bond acceptors (Lipinski definition) is 4. The summed E-state index contributed by atoms with van der Waals surface area (Å²) in [6.45, 7) is 5.75. The summed E-state index contributed by atoms with van der Waals surface area (Å²) in [5.74, 6) is 0.679. The predicted octanol–water partition coefficient (Wildman–Crippen LogP) is 3.22. The summed E-state index contributed by atoms with van der Waals surface area (Å²) in [5, 5.41) is 6.24. The van der Waals surface area contributed by atoms with E-state index in [0.29, 0.717) is 17.6 Å². The molecule has 1 aromatic rings. The summed E-state index contributed by atoms with van der Waals surface area (Å²) in [6, 6.07) is 7.15. The molecule has 2 amide bonds. The molecule has 6 nitrogen and oxygen atoms in total. The predicted molar refractivity (Wildman–Crippen MR) is 113 cm³/mol. The molecule has 2 heterocycles. The summed E-state index contributed by atoms with van der Waals surface area (Å²) < 4.78 is 5.67. The molecule has 2 N–H and O–H groups in total. The van der Waals surface area contributed by atoms with Crippen LogP contribution in [0, 0.1) is 5.41 Å². The lowest BCUT2D eigenvalue weighted by Gasteiger charge is -2.37. The van der Waals surface area contributed by atoms with Gasteiger partial charge in [0, 0.05) is 25.2 Å². The van der Waals surface area contributed by atoms with E-state index < -0.39 is 0 Å². The standard InChI is InChI=1S/C21H31N3O3.ClH/c1-2-19(25)23-17-4-6-18(7-5-17)27-16-20(26)24-14-3-8-21(11-15-24)9-12-22-13-10-21;/h4-7,22H,2-3,8-16H2,1H3,(H,23,25);1H. The molecule has 2 aliphatic rings. The van der Waals surface area contributed by atoms with E-state index >= 15 is 0 Å². The largest absolute Gasteiger partial charge is 0.484 e. The van der Waals surface area contributed by atoms with E-state index in [4.69, 9.17) is 4.74 Å². The lowest BCUT2D eigenvalue weighted by molar-refractivity contribution is -0.133. The van der Waals surface area contributed by atoms with Crippen molar-refractivity contribution in [2.75, 3.05) is 38.1 Å². The van der Waals surface area contributed by atoms with Gasteiger partial charge in [0.05, 0.1) is 0 Å². The summed E-state index contributed by atoms with van der Waals surface area (Å²) in [4.78, 5) is 25.9. The van der Waals surface area contributed by atoms with Crippen molar-refractivity contribution in [2.24, 2.45) is 5.41 Å². The molecule has 1 spiro atoms. The first-order chi connectivity index (χ1) is 13.1. The van der Waals surface area contributed by atoms with Gasteiger partial charge >= 0.3 is 0 Å². The van der Waals surface area contributed by atoms with Crippen LogP contribution in [0.5, 0.6) is 5.75 Å². The molecule has 156 valence electrons. The summed E-state index contributed by atoms with van der Waals surface area (Å²) in [6.07, 6.45) is 6.31. The van der Waals surface area contributed by atoms with Gasteiger partial charge in [-0.15, -0.1) is 12.4 Å². The van der Waals surface area contributed by atoms with E-state index in [1.165, 1.54) is 19.3 Å². The fraction of sp³-hybridized carbons (Fsp3) is 0.619. The Hall–Kier alpha value is -1.79. The smallest absolute Gasteiger partial charge is 0.260 e. The molecule has 0 aliphatic carbocycles. The lowest BCUT2D eigenvalue weighted by atomic mass is 9.73. The van der Waals surface area contributed by atoms with Crippen LogP contribution >= 0.6 is 12.4 Å². The summed E-state index contributed by atoms with van der Waals surface area (Å²) in [7, 11) is 0. The van der Waals surface area contributed by atoms with Gasteiger partial charge in [0.25, 0.3) is 5.91 Å². The van der Waals surface area contributed by atoms with Crippen LogP contribution < -0.4 is 15.4 Å². The second-order valence-corrected chi connectivity index (χ2v) is 7.70. The molecule has 0 unspecified atom stereocenters. The van der Waals surface area contributed by atoms with Crippen LogP contribution in [-0.4, -0.2) is 49.5 Å². The van der Waals surface area contributed by atoms with Crippen molar-refractivity contribution >= 4 is 29.9 Å². The number of piperidine rings is 1. The minimum absolute atomic E-state index is 0. The van der Waals surface area contributed by atoms with Gasteiger partial charge in [0.2, 0.25) is 5.91 Å². The van der Waals surface area contributed by atoms with Crippen molar-refractivity contribution in [3.8, 4) is 5.75 Å². The average molecular weight is 410 g/mol. The average Bonchev–Trinajstić information content (AvgIpc) is 2.90.